The van der Waals surface area contributed by atoms with Crippen LogP contribution >= 0.6 is 0 Å². The number of benzene rings is 1. The molecule has 126 valence electrons. The van der Waals surface area contributed by atoms with Gasteiger partial charge in [0.1, 0.15) is 5.75 Å². The normalized spacial score (nSPS) is 12.0. The number of imidazole rings is 1. The number of nitrogens with one attached hydrogen (secondary N) is 1. The van der Waals surface area contributed by atoms with Crippen LogP contribution in [0.25, 0.3) is 0 Å². The van der Waals surface area contributed by atoms with Crippen LogP contribution in [0.1, 0.15) is 19.5 Å². The van der Waals surface area contributed by atoms with Gasteiger partial charge in [-0.15, -0.1) is 0 Å². The highest BCUT2D eigenvalue weighted by molar-refractivity contribution is 5.51. The number of nitrogens with zero attached hydrogens (tertiary/aromatic N) is 2. The van der Waals surface area contributed by atoms with Crippen molar-refractivity contribution in [1.82, 2.24) is 9.97 Å². The first-order valence-corrected chi connectivity index (χ1v) is 6.98. The Morgan fingerprint density at radius 2 is 2.04 bits per heavy atom. The Bertz CT molecular complexity index is 617. The molecule has 0 amide bonds. The van der Waals surface area contributed by atoms with E-state index in [0.717, 1.165) is 5.69 Å². The Hall–Kier alpha value is -2.25. The molecule has 0 unspecified atom stereocenters. The quantitative estimate of drug-likeness (QED) is 0.778. The molecule has 1 heterocycles. The molecule has 0 saturated carbocycles. The molecular weight excluding hydrogens is 314 g/mol. The third-order valence-corrected chi connectivity index (χ3v) is 3.18. The van der Waals surface area contributed by atoms with Gasteiger partial charge in [-0.05, 0) is 26.0 Å². The second-order valence-electron chi connectivity index (χ2n) is 5.26. The zero-order chi connectivity index (χ0) is 17.0. The fourth-order valence-corrected chi connectivity index (χ4v) is 2.05. The minimum atomic E-state index is -4.52. The predicted molar refractivity (Wildman–Crippen MR) is 77.9 cm³/mol. The summed E-state index contributed by atoms with van der Waals surface area (Å²) < 4.78 is 54.7. The second kappa shape index (κ2) is 6.89. The van der Waals surface area contributed by atoms with E-state index in [2.05, 4.69) is 14.7 Å². The van der Waals surface area contributed by atoms with E-state index in [9.17, 15) is 17.6 Å². The first kappa shape index (κ1) is 17.1. The lowest BCUT2D eigenvalue weighted by molar-refractivity contribution is -0.253. The minimum Gasteiger partial charge on any atom is -0.428 e. The molecule has 4 nitrogen and oxygen atoms in total. The van der Waals surface area contributed by atoms with E-state index in [1.54, 1.807) is 12.3 Å². The Balaban J connectivity index is 2.22. The van der Waals surface area contributed by atoms with Crippen LogP contribution in [0.4, 0.5) is 23.2 Å². The largest absolute Gasteiger partial charge is 0.461 e. The summed E-state index contributed by atoms with van der Waals surface area (Å²) in [5.41, 5.74) is 1.42. The number of rotatable bonds is 7. The monoisotopic (exact) mass is 331 g/mol. The van der Waals surface area contributed by atoms with E-state index in [1.807, 2.05) is 18.7 Å². The van der Waals surface area contributed by atoms with Gasteiger partial charge in [0, 0.05) is 24.0 Å². The van der Waals surface area contributed by atoms with Crippen LogP contribution in [0, 0.1) is 0 Å². The van der Waals surface area contributed by atoms with Gasteiger partial charge in [-0.1, -0.05) is 6.07 Å². The fraction of sp³-hybridized carbons (Fsp3) is 0.400. The van der Waals surface area contributed by atoms with Crippen LogP contribution in [0.5, 0.6) is 5.75 Å². The lowest BCUT2D eigenvalue weighted by Crippen LogP contribution is -2.34. The first-order chi connectivity index (χ1) is 10.8. The number of aromatic nitrogens is 2. The molecule has 0 aliphatic heterocycles. The van der Waals surface area contributed by atoms with E-state index < -0.39 is 12.5 Å². The molecule has 0 radical (unpaired) electrons. The van der Waals surface area contributed by atoms with Gasteiger partial charge in [-0.25, -0.2) is 4.98 Å². The maximum absolute atomic E-state index is 13.0. The zero-order valence-electron chi connectivity index (χ0n) is 12.6. The summed E-state index contributed by atoms with van der Waals surface area (Å²) in [5, 5.41) is 0. The lowest BCUT2D eigenvalue weighted by atomic mass is 10.2. The number of halogens is 4. The van der Waals surface area contributed by atoms with Crippen LogP contribution < -0.4 is 9.64 Å². The standard InChI is InChI=1S/C15H17F4N3O/c1-10(2)22(8-11-7-20-9-21-11)12-4-3-5-13(6-12)23-15(18,19)14(16)17/h3-7,9-10,14H,8H2,1-2H3,(H,20,21). The molecule has 23 heavy (non-hydrogen) atoms. The van der Waals surface area contributed by atoms with Crippen LogP contribution in [0.15, 0.2) is 36.8 Å². The van der Waals surface area contributed by atoms with Crippen molar-refractivity contribution in [3.63, 3.8) is 0 Å². The van der Waals surface area contributed by atoms with E-state index in [1.165, 1.54) is 24.5 Å². The number of anilines is 1. The number of alkyl halides is 4. The number of hydrogen-bond acceptors (Lipinski definition) is 3. The Morgan fingerprint density at radius 1 is 1.30 bits per heavy atom. The van der Waals surface area contributed by atoms with E-state index in [-0.39, 0.29) is 11.8 Å². The summed E-state index contributed by atoms with van der Waals surface area (Å²) in [7, 11) is 0. The molecular formula is C15H17F4N3O. The van der Waals surface area contributed by atoms with Crippen molar-refractivity contribution in [3.05, 3.63) is 42.5 Å². The smallest absolute Gasteiger partial charge is 0.428 e. The summed E-state index contributed by atoms with van der Waals surface area (Å²) in [6.07, 6.45) is -5.22. The number of aromatic amines is 1. The lowest BCUT2D eigenvalue weighted by Gasteiger charge is -2.29. The highest BCUT2D eigenvalue weighted by Crippen LogP contribution is 2.30. The molecule has 0 fully saturated rings. The molecule has 2 rings (SSSR count). The maximum Gasteiger partial charge on any atom is 0.461 e. The molecule has 2 aromatic rings. The first-order valence-electron chi connectivity index (χ1n) is 6.98. The molecule has 0 saturated heterocycles. The summed E-state index contributed by atoms with van der Waals surface area (Å²) in [6.45, 7) is 4.32. The minimum absolute atomic E-state index is 0.0455. The van der Waals surface area contributed by atoms with E-state index in [0.29, 0.717) is 12.2 Å². The van der Waals surface area contributed by atoms with Crippen LogP contribution in [0.3, 0.4) is 0 Å². The third-order valence-electron chi connectivity index (χ3n) is 3.18. The fourth-order valence-electron chi connectivity index (χ4n) is 2.05. The summed E-state index contributed by atoms with van der Waals surface area (Å²) >= 11 is 0. The highest BCUT2D eigenvalue weighted by Gasteiger charge is 2.44. The maximum atomic E-state index is 13.0. The van der Waals surface area contributed by atoms with Gasteiger partial charge in [0.25, 0.3) is 0 Å². The number of H-pyrrole nitrogens is 1. The van der Waals surface area contributed by atoms with E-state index >= 15 is 0 Å². The van der Waals surface area contributed by atoms with Crippen molar-refractivity contribution >= 4 is 5.69 Å². The molecule has 1 N–H and O–H groups in total. The molecule has 0 bridgehead atoms. The molecule has 0 aliphatic rings. The Labute approximate surface area is 131 Å². The van der Waals surface area contributed by atoms with Gasteiger partial charge < -0.3 is 14.6 Å². The summed E-state index contributed by atoms with van der Waals surface area (Å²) in [4.78, 5) is 8.78. The van der Waals surface area contributed by atoms with Crippen LogP contribution in [-0.4, -0.2) is 28.5 Å². The van der Waals surface area contributed by atoms with Crippen molar-refractivity contribution in [3.8, 4) is 5.75 Å². The number of hydrogen-bond donors (Lipinski definition) is 1. The highest BCUT2D eigenvalue weighted by atomic mass is 19.3. The van der Waals surface area contributed by atoms with Gasteiger partial charge in [-0.3, -0.25) is 0 Å². The average Bonchev–Trinajstić information content (AvgIpc) is 2.97. The van der Waals surface area contributed by atoms with Crippen molar-refractivity contribution in [2.75, 3.05) is 4.90 Å². The van der Waals surface area contributed by atoms with Crippen molar-refractivity contribution in [2.45, 2.75) is 39.0 Å². The van der Waals surface area contributed by atoms with Gasteiger partial charge in [0.2, 0.25) is 0 Å². The third kappa shape index (κ3) is 4.37. The van der Waals surface area contributed by atoms with Gasteiger partial charge in [-0.2, -0.15) is 17.6 Å². The Kier molecular flexibility index (Phi) is 5.12. The molecule has 0 spiro atoms. The second-order valence-corrected chi connectivity index (χ2v) is 5.26. The average molecular weight is 331 g/mol. The zero-order valence-corrected chi connectivity index (χ0v) is 12.6. The van der Waals surface area contributed by atoms with Gasteiger partial charge in [0.15, 0.2) is 0 Å². The van der Waals surface area contributed by atoms with E-state index in [4.69, 9.17) is 0 Å². The predicted octanol–water partition coefficient (Wildman–Crippen LogP) is 4.06. The van der Waals surface area contributed by atoms with Crippen molar-refractivity contribution < 1.29 is 22.3 Å². The van der Waals surface area contributed by atoms with Crippen molar-refractivity contribution in [2.24, 2.45) is 0 Å². The van der Waals surface area contributed by atoms with Crippen LogP contribution in [-0.2, 0) is 6.54 Å². The van der Waals surface area contributed by atoms with Gasteiger partial charge in [0.05, 0.1) is 18.6 Å². The van der Waals surface area contributed by atoms with Gasteiger partial charge >= 0.3 is 12.5 Å². The summed E-state index contributed by atoms with van der Waals surface area (Å²) in [5.74, 6) is -0.317. The molecule has 0 atom stereocenters. The molecule has 1 aromatic carbocycles. The molecule has 0 aliphatic carbocycles. The summed E-state index contributed by atoms with van der Waals surface area (Å²) in [6, 6.07) is 5.75. The molecule has 8 heteroatoms. The van der Waals surface area contributed by atoms with Crippen molar-refractivity contribution in [1.29, 1.82) is 0 Å². The topological polar surface area (TPSA) is 41.2 Å². The SMILES string of the molecule is CC(C)N(Cc1cnc[nH]1)c1cccc(OC(F)(F)C(F)F)c1. The Morgan fingerprint density at radius 3 is 2.61 bits per heavy atom. The molecule has 1 aromatic heterocycles. The number of ether oxygens (including phenoxy) is 1. The van der Waals surface area contributed by atoms with Crippen LogP contribution in [0.2, 0.25) is 0 Å².